The molecule has 1 aliphatic heterocycles. The molecule has 12 nitrogen and oxygen atoms in total. The van der Waals surface area contributed by atoms with Gasteiger partial charge in [0.05, 0.1) is 25.9 Å². The second-order valence-corrected chi connectivity index (χ2v) is 7.96. The Balaban J connectivity index is 2.17. The van der Waals surface area contributed by atoms with Gasteiger partial charge in [0.15, 0.2) is 17.1 Å². The molecule has 0 spiro atoms. The normalized spacial score (nSPS) is 27.1. The average Bonchev–Trinajstić information content (AvgIpc) is 3.15. The maximum atomic E-state index is 12.4. The maximum absolute atomic E-state index is 12.4. The number of ketones is 1. The number of carbonyl (C=O) groups is 1. The van der Waals surface area contributed by atoms with Crippen molar-refractivity contribution in [1.29, 1.82) is 0 Å². The third-order valence-electron chi connectivity index (χ3n) is 4.59. The SMILES string of the molecule is COc1c(C(C)=O)c(O[C@@H]2OC(S(=O)(=O)O)[C@@H](O)[C@H](O)[C@H]2O)c(OC)c2occc12. The minimum atomic E-state index is -5.00. The molecule has 1 aromatic heterocycles. The molecule has 1 saturated heterocycles. The van der Waals surface area contributed by atoms with Gasteiger partial charge in [-0.3, -0.25) is 9.35 Å². The number of hydrogen-bond donors (Lipinski definition) is 4. The average molecular weight is 448 g/mol. The molecule has 30 heavy (non-hydrogen) atoms. The molecule has 2 heterocycles. The van der Waals surface area contributed by atoms with Crippen LogP contribution in [0.2, 0.25) is 0 Å². The van der Waals surface area contributed by atoms with E-state index in [0.29, 0.717) is 5.39 Å². The molecule has 1 unspecified atom stereocenters. The third kappa shape index (κ3) is 3.59. The van der Waals surface area contributed by atoms with Gasteiger partial charge in [-0.15, -0.1) is 0 Å². The van der Waals surface area contributed by atoms with Crippen LogP contribution in [0.3, 0.4) is 0 Å². The predicted octanol–water partition coefficient (Wildman–Crippen LogP) is -0.316. The number of hydrogen-bond acceptors (Lipinski definition) is 11. The van der Waals surface area contributed by atoms with Crippen LogP contribution in [0.15, 0.2) is 16.7 Å². The topological polar surface area (TPSA) is 182 Å². The number of aliphatic hydroxyl groups is 3. The lowest BCUT2D eigenvalue weighted by molar-refractivity contribution is -0.254. The van der Waals surface area contributed by atoms with Gasteiger partial charge >= 0.3 is 0 Å². The van der Waals surface area contributed by atoms with Gasteiger partial charge in [0.2, 0.25) is 17.5 Å². The monoisotopic (exact) mass is 448 g/mol. The van der Waals surface area contributed by atoms with E-state index in [1.807, 2.05) is 0 Å². The highest BCUT2D eigenvalue weighted by Crippen LogP contribution is 2.47. The molecule has 0 radical (unpaired) electrons. The van der Waals surface area contributed by atoms with E-state index in [2.05, 4.69) is 0 Å². The highest BCUT2D eigenvalue weighted by molar-refractivity contribution is 7.86. The highest BCUT2D eigenvalue weighted by atomic mass is 32.2. The number of rotatable bonds is 6. The van der Waals surface area contributed by atoms with Gasteiger partial charge in [-0.25, -0.2) is 0 Å². The van der Waals surface area contributed by atoms with E-state index in [1.165, 1.54) is 33.5 Å². The molecule has 4 N–H and O–H groups in total. The first-order valence-corrected chi connectivity index (χ1v) is 10.0. The third-order valence-corrected chi connectivity index (χ3v) is 5.57. The molecule has 13 heteroatoms. The first-order chi connectivity index (χ1) is 14.0. The fourth-order valence-corrected chi connectivity index (χ4v) is 3.99. The Kier molecular flexibility index (Phi) is 5.95. The minimum absolute atomic E-state index is 0.0549. The second-order valence-electron chi connectivity index (χ2n) is 6.47. The summed E-state index contributed by atoms with van der Waals surface area (Å²) in [5.41, 5.74) is -2.34. The molecule has 3 rings (SSSR count). The summed E-state index contributed by atoms with van der Waals surface area (Å²) in [6, 6.07) is 1.52. The van der Waals surface area contributed by atoms with Crippen LogP contribution >= 0.6 is 0 Å². The number of carbonyl (C=O) groups excluding carboxylic acids is 1. The van der Waals surface area contributed by atoms with Crippen LogP contribution in [-0.4, -0.2) is 78.3 Å². The van der Waals surface area contributed by atoms with Crippen molar-refractivity contribution in [3.05, 3.63) is 17.9 Å². The Morgan fingerprint density at radius 1 is 1.03 bits per heavy atom. The Morgan fingerprint density at radius 2 is 1.67 bits per heavy atom. The smallest absolute Gasteiger partial charge is 0.295 e. The quantitative estimate of drug-likeness (QED) is 0.334. The molecule has 1 aliphatic rings. The molecule has 5 atom stereocenters. The van der Waals surface area contributed by atoms with Gasteiger partial charge in [-0.2, -0.15) is 8.42 Å². The molecule has 1 aromatic carbocycles. The number of ether oxygens (including phenoxy) is 4. The summed E-state index contributed by atoms with van der Waals surface area (Å²) in [6.07, 6.45) is -6.80. The van der Waals surface area contributed by atoms with Crippen molar-refractivity contribution in [2.45, 2.75) is 37.0 Å². The fourth-order valence-electron chi connectivity index (χ4n) is 3.23. The lowest BCUT2D eigenvalue weighted by Crippen LogP contribution is -2.61. The van der Waals surface area contributed by atoms with Crippen LogP contribution < -0.4 is 14.2 Å². The van der Waals surface area contributed by atoms with E-state index in [-0.39, 0.29) is 28.4 Å². The van der Waals surface area contributed by atoms with Gasteiger partial charge in [0.1, 0.15) is 29.6 Å². The van der Waals surface area contributed by atoms with Gasteiger partial charge in [0.25, 0.3) is 10.1 Å². The summed E-state index contributed by atoms with van der Waals surface area (Å²) in [4.78, 5) is 12.4. The van der Waals surface area contributed by atoms with E-state index in [9.17, 15) is 33.1 Å². The predicted molar refractivity (Wildman–Crippen MR) is 98.2 cm³/mol. The Hall–Kier alpha value is -2.42. The lowest BCUT2D eigenvalue weighted by Gasteiger charge is -2.39. The number of furan rings is 1. The summed E-state index contributed by atoms with van der Waals surface area (Å²) in [6.45, 7) is 1.20. The van der Waals surface area contributed by atoms with E-state index in [1.54, 1.807) is 0 Å². The standard InChI is InChI=1S/C17H20O12S/c1-6(18)8-12(25-2)7-4-5-27-13(7)15(26-3)14(8)28-16-10(20)9(19)11(21)17(29-16)30(22,23)24/h4-5,9-11,16-17,19-21H,1-3H3,(H,22,23,24)/t9-,10-,11+,16-,17?/m1/s1. The number of benzene rings is 1. The van der Waals surface area contributed by atoms with Crippen LogP contribution in [0, 0.1) is 0 Å². The number of aliphatic hydroxyl groups excluding tert-OH is 3. The zero-order valence-electron chi connectivity index (χ0n) is 16.0. The van der Waals surface area contributed by atoms with Crippen molar-refractivity contribution in [3.63, 3.8) is 0 Å². The van der Waals surface area contributed by atoms with Crippen molar-refractivity contribution >= 4 is 26.9 Å². The minimum Gasteiger partial charge on any atom is -0.495 e. The summed E-state index contributed by atoms with van der Waals surface area (Å²) in [5, 5.41) is 30.4. The Morgan fingerprint density at radius 3 is 2.20 bits per heavy atom. The van der Waals surface area contributed by atoms with E-state index < -0.39 is 45.9 Å². The van der Waals surface area contributed by atoms with Gasteiger partial charge in [-0.1, -0.05) is 0 Å². The van der Waals surface area contributed by atoms with Crippen molar-refractivity contribution in [1.82, 2.24) is 0 Å². The van der Waals surface area contributed by atoms with Crippen LogP contribution in [0.5, 0.6) is 17.2 Å². The molecule has 0 saturated carbocycles. The van der Waals surface area contributed by atoms with Crippen LogP contribution in [-0.2, 0) is 14.9 Å². The molecule has 166 valence electrons. The summed E-state index contributed by atoms with van der Waals surface area (Å²) < 4.78 is 58.7. The van der Waals surface area contributed by atoms with Crippen molar-refractivity contribution in [3.8, 4) is 17.2 Å². The summed E-state index contributed by atoms with van der Waals surface area (Å²) >= 11 is 0. The van der Waals surface area contributed by atoms with Crippen LogP contribution in [0.1, 0.15) is 17.3 Å². The Bertz CT molecular complexity index is 1060. The van der Waals surface area contributed by atoms with Gasteiger partial charge in [0, 0.05) is 0 Å². The first kappa shape index (κ1) is 22.3. The summed E-state index contributed by atoms with van der Waals surface area (Å²) in [7, 11) is -2.46. The van der Waals surface area contributed by atoms with Crippen molar-refractivity contribution in [2.75, 3.05) is 14.2 Å². The summed E-state index contributed by atoms with van der Waals surface area (Å²) in [5.74, 6) is -0.911. The molecule has 0 bridgehead atoms. The maximum Gasteiger partial charge on any atom is 0.295 e. The molecular weight excluding hydrogens is 428 g/mol. The van der Waals surface area contributed by atoms with E-state index in [0.717, 1.165) is 0 Å². The van der Waals surface area contributed by atoms with Gasteiger partial charge in [-0.05, 0) is 13.0 Å². The van der Waals surface area contributed by atoms with Crippen molar-refractivity contribution in [2.24, 2.45) is 0 Å². The lowest BCUT2D eigenvalue weighted by atomic mass is 10.0. The van der Waals surface area contributed by atoms with E-state index in [4.69, 9.17) is 23.4 Å². The molecule has 0 amide bonds. The van der Waals surface area contributed by atoms with Crippen LogP contribution in [0.25, 0.3) is 11.0 Å². The fraction of sp³-hybridized carbons (Fsp3) is 0.471. The largest absolute Gasteiger partial charge is 0.495 e. The van der Waals surface area contributed by atoms with E-state index >= 15 is 0 Å². The zero-order valence-corrected chi connectivity index (χ0v) is 16.8. The second kappa shape index (κ2) is 8.02. The van der Waals surface area contributed by atoms with Crippen molar-refractivity contribution < 1.29 is 56.4 Å². The number of fused-ring (bicyclic) bond motifs is 1. The first-order valence-electron chi connectivity index (χ1n) is 8.51. The highest BCUT2D eigenvalue weighted by Gasteiger charge is 2.50. The number of Topliss-reactive ketones (excluding diaryl/α,β-unsaturated/α-hetero) is 1. The van der Waals surface area contributed by atoms with Crippen LogP contribution in [0.4, 0.5) is 0 Å². The number of methoxy groups -OCH3 is 2. The molecule has 1 fully saturated rings. The molecular formula is C17H20O12S. The van der Waals surface area contributed by atoms with Gasteiger partial charge < -0.3 is 38.7 Å². The molecule has 2 aromatic rings. The molecule has 0 aliphatic carbocycles. The zero-order chi connectivity index (χ0) is 22.4. The Labute approximate surface area is 170 Å².